The lowest BCUT2D eigenvalue weighted by Crippen LogP contribution is -2.13. The van der Waals surface area contributed by atoms with Crippen molar-refractivity contribution in [3.63, 3.8) is 0 Å². The zero-order valence-corrected chi connectivity index (χ0v) is 13.8. The number of aromatic nitrogens is 6. The molecule has 2 heterocycles. The van der Waals surface area contributed by atoms with Crippen LogP contribution in [0.5, 0.6) is 0 Å². The summed E-state index contributed by atoms with van der Waals surface area (Å²) in [6.45, 7) is 6.68. The van der Waals surface area contributed by atoms with E-state index in [0.29, 0.717) is 23.6 Å². The fourth-order valence-corrected chi connectivity index (χ4v) is 2.35. The van der Waals surface area contributed by atoms with Crippen LogP contribution in [0.4, 0.5) is 5.69 Å². The lowest BCUT2D eigenvalue weighted by molar-refractivity contribution is 0.102. The monoisotopic (exact) mass is 325 g/mol. The third-order valence-corrected chi connectivity index (χ3v) is 3.62. The SMILES string of the molecule is CCn1cc(C(=O)Nc2ccccc2-c2nnnn2C(C)C)cn1. The molecular formula is C16H19N7O. The Morgan fingerprint density at radius 1 is 1.29 bits per heavy atom. The minimum absolute atomic E-state index is 0.113. The number of carbonyl (C=O) groups is 1. The second kappa shape index (κ2) is 6.61. The van der Waals surface area contributed by atoms with E-state index >= 15 is 0 Å². The van der Waals surface area contributed by atoms with Gasteiger partial charge in [0.1, 0.15) is 0 Å². The van der Waals surface area contributed by atoms with Gasteiger partial charge in [0.15, 0.2) is 5.82 Å². The van der Waals surface area contributed by atoms with Gasteiger partial charge in [-0.05, 0) is 43.3 Å². The maximum atomic E-state index is 12.5. The van der Waals surface area contributed by atoms with Crippen LogP contribution in [0.2, 0.25) is 0 Å². The minimum atomic E-state index is -0.217. The highest BCUT2D eigenvalue weighted by Crippen LogP contribution is 2.27. The van der Waals surface area contributed by atoms with E-state index in [-0.39, 0.29) is 11.9 Å². The van der Waals surface area contributed by atoms with Gasteiger partial charge in [0.2, 0.25) is 0 Å². The van der Waals surface area contributed by atoms with Crippen molar-refractivity contribution in [1.29, 1.82) is 0 Å². The zero-order valence-electron chi connectivity index (χ0n) is 13.8. The van der Waals surface area contributed by atoms with Gasteiger partial charge in [-0.2, -0.15) is 5.10 Å². The third kappa shape index (κ3) is 3.03. The van der Waals surface area contributed by atoms with Crippen LogP contribution in [-0.4, -0.2) is 35.9 Å². The minimum Gasteiger partial charge on any atom is -0.321 e. The molecule has 2 aromatic heterocycles. The zero-order chi connectivity index (χ0) is 17.1. The van der Waals surface area contributed by atoms with Crippen molar-refractivity contribution < 1.29 is 4.79 Å². The van der Waals surface area contributed by atoms with E-state index < -0.39 is 0 Å². The molecule has 0 fully saturated rings. The van der Waals surface area contributed by atoms with Crippen LogP contribution in [0.25, 0.3) is 11.4 Å². The molecule has 0 saturated heterocycles. The molecule has 124 valence electrons. The van der Waals surface area contributed by atoms with Crippen LogP contribution >= 0.6 is 0 Å². The molecule has 0 spiro atoms. The lowest BCUT2D eigenvalue weighted by atomic mass is 10.1. The van der Waals surface area contributed by atoms with Crippen molar-refractivity contribution >= 4 is 11.6 Å². The van der Waals surface area contributed by atoms with E-state index in [0.717, 1.165) is 5.56 Å². The first kappa shape index (κ1) is 15.9. The Bertz CT molecular complexity index is 849. The van der Waals surface area contributed by atoms with Crippen LogP contribution in [0.1, 0.15) is 37.2 Å². The topological polar surface area (TPSA) is 90.5 Å². The predicted molar refractivity (Wildman–Crippen MR) is 89.5 cm³/mol. The first-order valence-corrected chi connectivity index (χ1v) is 7.81. The Kier molecular flexibility index (Phi) is 4.37. The molecule has 0 aliphatic rings. The molecule has 8 nitrogen and oxygen atoms in total. The number of para-hydroxylation sites is 1. The molecule has 1 amide bonds. The molecular weight excluding hydrogens is 306 g/mol. The number of anilines is 1. The van der Waals surface area contributed by atoms with Gasteiger partial charge in [0.05, 0.1) is 23.5 Å². The van der Waals surface area contributed by atoms with Gasteiger partial charge in [-0.25, -0.2) is 4.68 Å². The summed E-state index contributed by atoms with van der Waals surface area (Å²) in [6.07, 6.45) is 3.27. The van der Waals surface area contributed by atoms with Crippen LogP contribution in [0, 0.1) is 0 Å². The number of hydrogen-bond acceptors (Lipinski definition) is 5. The number of nitrogens with one attached hydrogen (secondary N) is 1. The van der Waals surface area contributed by atoms with Crippen molar-refractivity contribution in [2.75, 3.05) is 5.32 Å². The summed E-state index contributed by atoms with van der Waals surface area (Å²) in [7, 11) is 0. The third-order valence-electron chi connectivity index (χ3n) is 3.62. The maximum absolute atomic E-state index is 12.5. The number of carbonyl (C=O) groups excluding carboxylic acids is 1. The van der Waals surface area contributed by atoms with E-state index in [9.17, 15) is 4.79 Å². The molecule has 3 aromatic rings. The highest BCUT2D eigenvalue weighted by molar-refractivity contribution is 6.05. The molecule has 0 saturated carbocycles. The number of amides is 1. The van der Waals surface area contributed by atoms with Gasteiger partial charge in [-0.3, -0.25) is 9.48 Å². The molecule has 0 atom stereocenters. The van der Waals surface area contributed by atoms with Gasteiger partial charge in [-0.15, -0.1) is 5.10 Å². The maximum Gasteiger partial charge on any atom is 0.258 e. The standard InChI is InChI=1S/C16H19N7O/c1-4-22-10-12(9-17-22)16(24)18-14-8-6-5-7-13(14)15-19-20-21-23(15)11(2)3/h5-11H,4H2,1-3H3,(H,18,24). The smallest absolute Gasteiger partial charge is 0.258 e. The Hall–Kier alpha value is -3.03. The van der Waals surface area contributed by atoms with Crippen LogP contribution < -0.4 is 5.32 Å². The first-order chi connectivity index (χ1) is 11.6. The quantitative estimate of drug-likeness (QED) is 0.778. The number of nitrogens with zero attached hydrogens (tertiary/aromatic N) is 6. The Balaban J connectivity index is 1.92. The fraction of sp³-hybridized carbons (Fsp3) is 0.312. The average molecular weight is 325 g/mol. The van der Waals surface area contributed by atoms with Crippen LogP contribution in [0.15, 0.2) is 36.7 Å². The van der Waals surface area contributed by atoms with E-state index in [2.05, 4.69) is 25.9 Å². The van der Waals surface area contributed by atoms with E-state index in [1.54, 1.807) is 21.8 Å². The highest BCUT2D eigenvalue weighted by Gasteiger charge is 2.17. The van der Waals surface area contributed by atoms with Gasteiger partial charge in [0, 0.05) is 18.3 Å². The van der Waals surface area contributed by atoms with Crippen molar-refractivity contribution in [2.24, 2.45) is 0 Å². The summed E-state index contributed by atoms with van der Waals surface area (Å²) < 4.78 is 3.43. The van der Waals surface area contributed by atoms with Gasteiger partial charge in [-0.1, -0.05) is 12.1 Å². The number of aryl methyl sites for hydroxylation is 1. The summed E-state index contributed by atoms with van der Waals surface area (Å²) in [4.78, 5) is 12.5. The second-order valence-electron chi connectivity index (χ2n) is 5.63. The average Bonchev–Trinajstić information content (AvgIpc) is 3.24. The molecule has 24 heavy (non-hydrogen) atoms. The molecule has 0 aliphatic heterocycles. The molecule has 0 unspecified atom stereocenters. The molecule has 0 bridgehead atoms. The number of tetrazole rings is 1. The van der Waals surface area contributed by atoms with E-state index in [4.69, 9.17) is 0 Å². The first-order valence-electron chi connectivity index (χ1n) is 7.81. The normalized spacial score (nSPS) is 11.0. The van der Waals surface area contributed by atoms with E-state index in [1.165, 1.54) is 0 Å². The summed E-state index contributed by atoms with van der Waals surface area (Å²) >= 11 is 0. The van der Waals surface area contributed by atoms with Crippen LogP contribution in [-0.2, 0) is 6.54 Å². The number of hydrogen-bond donors (Lipinski definition) is 1. The Labute approximate surface area is 139 Å². The summed E-state index contributed by atoms with van der Waals surface area (Å²) in [5, 5.41) is 18.9. The highest BCUT2D eigenvalue weighted by atomic mass is 16.1. The number of rotatable bonds is 5. The Morgan fingerprint density at radius 3 is 2.79 bits per heavy atom. The van der Waals surface area contributed by atoms with Crippen molar-refractivity contribution in [3.8, 4) is 11.4 Å². The largest absolute Gasteiger partial charge is 0.321 e. The van der Waals surface area contributed by atoms with Crippen molar-refractivity contribution in [1.82, 2.24) is 30.0 Å². The Morgan fingerprint density at radius 2 is 2.08 bits per heavy atom. The summed E-state index contributed by atoms with van der Waals surface area (Å²) in [5.74, 6) is 0.399. The van der Waals surface area contributed by atoms with Crippen molar-refractivity contribution in [3.05, 3.63) is 42.2 Å². The van der Waals surface area contributed by atoms with E-state index in [1.807, 2.05) is 45.0 Å². The molecule has 0 radical (unpaired) electrons. The predicted octanol–water partition coefficient (Wildman–Crippen LogP) is 2.39. The van der Waals surface area contributed by atoms with Crippen molar-refractivity contribution in [2.45, 2.75) is 33.4 Å². The molecule has 3 rings (SSSR count). The van der Waals surface area contributed by atoms with Crippen LogP contribution in [0.3, 0.4) is 0 Å². The second-order valence-corrected chi connectivity index (χ2v) is 5.63. The molecule has 0 aliphatic carbocycles. The van der Waals surface area contributed by atoms with Gasteiger partial charge < -0.3 is 5.32 Å². The summed E-state index contributed by atoms with van der Waals surface area (Å²) in [6, 6.07) is 7.57. The van der Waals surface area contributed by atoms with Gasteiger partial charge in [0.25, 0.3) is 5.91 Å². The molecule has 1 N–H and O–H groups in total. The molecule has 8 heteroatoms. The summed E-state index contributed by atoms with van der Waals surface area (Å²) in [5.41, 5.74) is 1.94. The fourth-order valence-electron chi connectivity index (χ4n) is 2.35. The lowest BCUT2D eigenvalue weighted by Gasteiger charge is -2.12. The van der Waals surface area contributed by atoms with Gasteiger partial charge >= 0.3 is 0 Å². The molecule has 1 aromatic carbocycles. The number of benzene rings is 1.